The van der Waals surface area contributed by atoms with Gasteiger partial charge in [0.15, 0.2) is 5.82 Å². The summed E-state index contributed by atoms with van der Waals surface area (Å²) < 4.78 is 4.96. The van der Waals surface area contributed by atoms with Gasteiger partial charge in [0.05, 0.1) is 12.8 Å². The minimum absolute atomic E-state index is 0. The first kappa shape index (κ1) is 12.7. The van der Waals surface area contributed by atoms with E-state index in [1.807, 2.05) is 24.3 Å². The molecule has 1 aromatic carbocycles. The van der Waals surface area contributed by atoms with Crippen molar-refractivity contribution in [2.45, 2.75) is 0 Å². The molecule has 0 aliphatic rings. The number of anilines is 1. The van der Waals surface area contributed by atoms with Gasteiger partial charge in [-0.2, -0.15) is 5.10 Å². The van der Waals surface area contributed by atoms with Crippen molar-refractivity contribution in [3.05, 3.63) is 30.5 Å². The smallest absolute Gasteiger partial charge is 0.156 e. The Kier molecular flexibility index (Phi) is 4.95. The Balaban J connectivity index is 0.00000128. The van der Waals surface area contributed by atoms with Crippen molar-refractivity contribution in [2.24, 2.45) is 0 Å². The van der Waals surface area contributed by atoms with Gasteiger partial charge >= 0.3 is 0 Å². The van der Waals surface area contributed by atoms with Crippen LogP contribution in [0.2, 0.25) is 0 Å². The Morgan fingerprint density at radius 2 is 2.12 bits per heavy atom. The maximum Gasteiger partial charge on any atom is 0.156 e. The van der Waals surface area contributed by atoms with Gasteiger partial charge in [-0.25, -0.2) is 0 Å². The van der Waals surface area contributed by atoms with Gasteiger partial charge in [-0.1, -0.05) is 24.3 Å². The average Bonchev–Trinajstić information content (AvgIpc) is 2.30. The number of nitrogens with zero attached hydrogens (tertiary/aromatic N) is 2. The van der Waals surface area contributed by atoms with E-state index in [0.717, 1.165) is 23.1 Å². The zero-order valence-corrected chi connectivity index (χ0v) is 9.83. The summed E-state index contributed by atoms with van der Waals surface area (Å²) in [7, 11) is 1.68. The van der Waals surface area contributed by atoms with Gasteiger partial charge in [0.25, 0.3) is 0 Å². The Morgan fingerprint density at radius 1 is 1.31 bits per heavy atom. The number of hydrogen-bond donors (Lipinski definition) is 1. The molecule has 0 aliphatic heterocycles. The minimum Gasteiger partial charge on any atom is -0.383 e. The first-order chi connectivity index (χ1) is 7.42. The first-order valence-corrected chi connectivity index (χ1v) is 4.85. The average molecular weight is 240 g/mol. The highest BCUT2D eigenvalue weighted by molar-refractivity contribution is 5.90. The van der Waals surface area contributed by atoms with Crippen molar-refractivity contribution in [2.75, 3.05) is 25.6 Å². The molecule has 5 heteroatoms. The zero-order chi connectivity index (χ0) is 10.5. The molecule has 0 fully saturated rings. The van der Waals surface area contributed by atoms with Gasteiger partial charge in [-0.3, -0.25) is 0 Å². The number of fused-ring (bicyclic) bond motifs is 1. The maximum atomic E-state index is 4.96. The summed E-state index contributed by atoms with van der Waals surface area (Å²) in [5.41, 5.74) is 0. The molecule has 0 atom stereocenters. The fourth-order valence-electron chi connectivity index (χ4n) is 1.43. The fourth-order valence-corrected chi connectivity index (χ4v) is 1.43. The second-order valence-electron chi connectivity index (χ2n) is 3.20. The summed E-state index contributed by atoms with van der Waals surface area (Å²) in [5.74, 6) is 0.810. The van der Waals surface area contributed by atoms with Crippen LogP contribution in [0.25, 0.3) is 10.8 Å². The standard InChI is InChI=1S/C11H13N3O.ClH/c1-15-7-6-12-11-10-5-3-2-4-9(10)8-13-14-11;/h2-5,8H,6-7H2,1H3,(H,12,14);1H. The Hall–Kier alpha value is -1.39. The molecule has 16 heavy (non-hydrogen) atoms. The molecule has 86 valence electrons. The fraction of sp³-hybridized carbons (Fsp3) is 0.273. The summed E-state index contributed by atoms with van der Waals surface area (Å²) in [5, 5.41) is 13.4. The highest BCUT2D eigenvalue weighted by Crippen LogP contribution is 2.18. The third-order valence-corrected chi connectivity index (χ3v) is 2.17. The van der Waals surface area contributed by atoms with E-state index in [1.165, 1.54) is 0 Å². The second kappa shape index (κ2) is 6.25. The van der Waals surface area contributed by atoms with Crippen LogP contribution in [0.4, 0.5) is 5.82 Å². The number of nitrogens with one attached hydrogen (secondary N) is 1. The Labute approximate surface area is 100 Å². The van der Waals surface area contributed by atoms with Crippen molar-refractivity contribution in [3.8, 4) is 0 Å². The van der Waals surface area contributed by atoms with Crippen LogP contribution in [0.5, 0.6) is 0 Å². The summed E-state index contributed by atoms with van der Waals surface area (Å²) in [6, 6.07) is 8.03. The number of aromatic nitrogens is 2. The molecule has 2 rings (SSSR count). The van der Waals surface area contributed by atoms with Crippen molar-refractivity contribution >= 4 is 29.0 Å². The highest BCUT2D eigenvalue weighted by Gasteiger charge is 2.00. The largest absolute Gasteiger partial charge is 0.383 e. The van der Waals surface area contributed by atoms with Crippen molar-refractivity contribution in [1.29, 1.82) is 0 Å². The molecule has 2 aromatic rings. The molecule has 0 radical (unpaired) electrons. The second-order valence-corrected chi connectivity index (χ2v) is 3.20. The number of methoxy groups -OCH3 is 1. The van der Waals surface area contributed by atoms with Crippen molar-refractivity contribution < 1.29 is 4.74 Å². The van der Waals surface area contributed by atoms with E-state index >= 15 is 0 Å². The van der Waals surface area contributed by atoms with Crippen molar-refractivity contribution in [3.63, 3.8) is 0 Å². The molecule has 0 saturated heterocycles. The van der Waals surface area contributed by atoms with Crippen LogP contribution in [0, 0.1) is 0 Å². The molecule has 0 bridgehead atoms. The van der Waals surface area contributed by atoms with Crippen molar-refractivity contribution in [1.82, 2.24) is 10.2 Å². The van der Waals surface area contributed by atoms with E-state index < -0.39 is 0 Å². The highest BCUT2D eigenvalue weighted by atomic mass is 35.5. The number of ether oxygens (including phenoxy) is 1. The molecule has 1 heterocycles. The van der Waals surface area contributed by atoms with Gasteiger partial charge in [-0.15, -0.1) is 17.5 Å². The van der Waals surface area contributed by atoms with Gasteiger partial charge in [0, 0.05) is 24.4 Å². The Bertz CT molecular complexity index is 445. The van der Waals surface area contributed by atoms with E-state index in [2.05, 4.69) is 15.5 Å². The van der Waals surface area contributed by atoms with Crippen LogP contribution < -0.4 is 5.32 Å². The molecule has 0 saturated carbocycles. The lowest BCUT2D eigenvalue weighted by Gasteiger charge is -2.06. The first-order valence-electron chi connectivity index (χ1n) is 4.85. The molecular formula is C11H14ClN3O. The minimum atomic E-state index is 0. The zero-order valence-electron chi connectivity index (χ0n) is 9.01. The van der Waals surface area contributed by atoms with Crippen LogP contribution in [0.1, 0.15) is 0 Å². The number of rotatable bonds is 4. The van der Waals surface area contributed by atoms with Crippen LogP contribution in [-0.2, 0) is 4.74 Å². The molecule has 0 amide bonds. The summed E-state index contributed by atoms with van der Waals surface area (Å²) in [6.45, 7) is 1.39. The van der Waals surface area contributed by atoms with Gasteiger partial charge in [0.2, 0.25) is 0 Å². The maximum absolute atomic E-state index is 4.96. The summed E-state index contributed by atoms with van der Waals surface area (Å²) in [4.78, 5) is 0. The van der Waals surface area contributed by atoms with Gasteiger partial charge in [0.1, 0.15) is 0 Å². The topological polar surface area (TPSA) is 47.0 Å². The summed E-state index contributed by atoms with van der Waals surface area (Å²) >= 11 is 0. The summed E-state index contributed by atoms with van der Waals surface area (Å²) in [6.07, 6.45) is 1.76. The van der Waals surface area contributed by atoms with Gasteiger partial charge < -0.3 is 10.1 Å². The quantitative estimate of drug-likeness (QED) is 0.831. The number of halogens is 1. The lowest BCUT2D eigenvalue weighted by Crippen LogP contribution is -2.09. The van der Waals surface area contributed by atoms with E-state index in [4.69, 9.17) is 4.74 Å². The predicted octanol–water partition coefficient (Wildman–Crippen LogP) is 2.11. The third-order valence-electron chi connectivity index (χ3n) is 2.17. The lowest BCUT2D eigenvalue weighted by molar-refractivity contribution is 0.210. The van der Waals surface area contributed by atoms with Crippen LogP contribution in [0.3, 0.4) is 0 Å². The molecule has 0 aliphatic carbocycles. The van der Waals surface area contributed by atoms with E-state index in [1.54, 1.807) is 13.3 Å². The van der Waals surface area contributed by atoms with Crippen LogP contribution >= 0.6 is 12.4 Å². The van der Waals surface area contributed by atoms with Gasteiger partial charge in [-0.05, 0) is 0 Å². The monoisotopic (exact) mass is 239 g/mol. The third kappa shape index (κ3) is 2.81. The molecule has 4 nitrogen and oxygen atoms in total. The van der Waals surface area contributed by atoms with Crippen LogP contribution in [0.15, 0.2) is 30.5 Å². The van der Waals surface area contributed by atoms with E-state index in [0.29, 0.717) is 6.61 Å². The normalized spacial score (nSPS) is 9.81. The number of benzene rings is 1. The molecule has 1 aromatic heterocycles. The number of hydrogen-bond acceptors (Lipinski definition) is 4. The molecule has 1 N–H and O–H groups in total. The lowest BCUT2D eigenvalue weighted by atomic mass is 10.2. The van der Waals surface area contributed by atoms with E-state index in [9.17, 15) is 0 Å². The van der Waals surface area contributed by atoms with E-state index in [-0.39, 0.29) is 12.4 Å². The SMILES string of the molecule is COCCNc1nncc2ccccc12.Cl. The molecule has 0 spiro atoms. The predicted molar refractivity (Wildman–Crippen MR) is 67.2 cm³/mol. The Morgan fingerprint density at radius 3 is 2.94 bits per heavy atom. The molecular weight excluding hydrogens is 226 g/mol. The molecule has 0 unspecified atom stereocenters. The van der Waals surface area contributed by atoms with Crippen LogP contribution in [-0.4, -0.2) is 30.5 Å².